The van der Waals surface area contributed by atoms with E-state index in [2.05, 4.69) is 17.6 Å². The molecule has 2 N–H and O–H groups in total. The molecular weight excluding hydrogens is 306 g/mol. The quantitative estimate of drug-likeness (QED) is 0.776. The third-order valence-corrected chi connectivity index (χ3v) is 6.26. The minimum Gasteiger partial charge on any atom is -0.352 e. The van der Waals surface area contributed by atoms with Crippen LogP contribution in [-0.2, 0) is 9.59 Å². The molecule has 134 valence electrons. The van der Waals surface area contributed by atoms with Crippen molar-refractivity contribution in [3.05, 3.63) is 0 Å². The predicted octanol–water partition coefficient (Wildman–Crippen LogP) is 2.18. The first-order chi connectivity index (χ1) is 11.4. The van der Waals surface area contributed by atoms with Crippen LogP contribution in [0.1, 0.15) is 65.2 Å². The van der Waals surface area contributed by atoms with Crippen molar-refractivity contribution in [1.29, 1.82) is 0 Å². The summed E-state index contributed by atoms with van der Waals surface area (Å²) in [7, 11) is 0. The van der Waals surface area contributed by atoms with Gasteiger partial charge < -0.3 is 10.6 Å². The SMILES string of the molecule is C[C@H]1CCCC[C@H]1NC(=O)CN1C(=O)N[C@]2(CCCC[C@@H]2C)C1=O. The first-order valence-corrected chi connectivity index (χ1v) is 9.37. The lowest BCUT2D eigenvalue weighted by atomic mass is 9.73. The first-order valence-electron chi connectivity index (χ1n) is 9.37. The largest absolute Gasteiger partial charge is 0.352 e. The minimum atomic E-state index is -0.784. The Labute approximate surface area is 143 Å². The van der Waals surface area contributed by atoms with E-state index in [9.17, 15) is 14.4 Å². The number of imide groups is 1. The number of amides is 4. The molecular formula is C18H29N3O3. The topological polar surface area (TPSA) is 78.5 Å². The van der Waals surface area contributed by atoms with Gasteiger partial charge in [0.25, 0.3) is 5.91 Å². The van der Waals surface area contributed by atoms with Gasteiger partial charge in [0.2, 0.25) is 5.91 Å². The van der Waals surface area contributed by atoms with Crippen LogP contribution in [-0.4, -0.2) is 40.9 Å². The van der Waals surface area contributed by atoms with Crippen LogP contribution in [0.2, 0.25) is 0 Å². The van der Waals surface area contributed by atoms with Crippen LogP contribution in [0.25, 0.3) is 0 Å². The Bertz CT molecular complexity index is 536. The van der Waals surface area contributed by atoms with Crippen molar-refractivity contribution in [3.8, 4) is 0 Å². The highest BCUT2D eigenvalue weighted by Crippen LogP contribution is 2.38. The zero-order chi connectivity index (χ0) is 17.3. The molecule has 24 heavy (non-hydrogen) atoms. The van der Waals surface area contributed by atoms with Gasteiger partial charge in [0.15, 0.2) is 0 Å². The molecule has 2 aliphatic carbocycles. The third kappa shape index (κ3) is 3.03. The molecule has 0 bridgehead atoms. The molecule has 0 aromatic rings. The normalized spacial score (nSPS) is 36.8. The van der Waals surface area contributed by atoms with Crippen LogP contribution in [0.3, 0.4) is 0 Å². The molecule has 1 saturated heterocycles. The molecule has 3 aliphatic rings. The number of hydrogen-bond acceptors (Lipinski definition) is 3. The predicted molar refractivity (Wildman–Crippen MR) is 90.2 cm³/mol. The van der Waals surface area contributed by atoms with Crippen LogP contribution >= 0.6 is 0 Å². The van der Waals surface area contributed by atoms with E-state index in [4.69, 9.17) is 0 Å². The molecule has 4 atom stereocenters. The average molecular weight is 335 g/mol. The van der Waals surface area contributed by atoms with Crippen molar-refractivity contribution in [3.63, 3.8) is 0 Å². The molecule has 1 heterocycles. The molecule has 1 aliphatic heterocycles. The van der Waals surface area contributed by atoms with E-state index in [1.54, 1.807) is 0 Å². The highest BCUT2D eigenvalue weighted by molar-refractivity contribution is 6.09. The Morgan fingerprint density at radius 2 is 1.88 bits per heavy atom. The second-order valence-electron chi connectivity index (χ2n) is 7.88. The maximum absolute atomic E-state index is 12.9. The summed E-state index contributed by atoms with van der Waals surface area (Å²) < 4.78 is 0. The van der Waals surface area contributed by atoms with Crippen LogP contribution in [0.5, 0.6) is 0 Å². The number of hydrogen-bond donors (Lipinski definition) is 2. The Hall–Kier alpha value is -1.59. The fourth-order valence-corrected chi connectivity index (χ4v) is 4.57. The third-order valence-electron chi connectivity index (χ3n) is 6.26. The van der Waals surface area contributed by atoms with Crippen molar-refractivity contribution < 1.29 is 14.4 Å². The number of rotatable bonds is 3. The Balaban J connectivity index is 1.63. The summed E-state index contributed by atoms with van der Waals surface area (Å²) in [6.07, 6.45) is 8.08. The van der Waals surface area contributed by atoms with E-state index in [1.165, 1.54) is 6.42 Å². The fraction of sp³-hybridized carbons (Fsp3) is 0.833. The van der Waals surface area contributed by atoms with Crippen molar-refractivity contribution in [2.45, 2.75) is 76.8 Å². The summed E-state index contributed by atoms with van der Waals surface area (Å²) in [5.41, 5.74) is -0.784. The van der Waals surface area contributed by atoms with Crippen molar-refractivity contribution in [2.24, 2.45) is 11.8 Å². The van der Waals surface area contributed by atoms with Crippen LogP contribution < -0.4 is 10.6 Å². The smallest absolute Gasteiger partial charge is 0.325 e. The molecule has 1 spiro atoms. The van der Waals surface area contributed by atoms with E-state index >= 15 is 0 Å². The van der Waals surface area contributed by atoms with Crippen molar-refractivity contribution in [2.75, 3.05) is 6.54 Å². The van der Waals surface area contributed by atoms with Gasteiger partial charge in [-0.15, -0.1) is 0 Å². The lowest BCUT2D eigenvalue weighted by molar-refractivity contribution is -0.137. The molecule has 2 saturated carbocycles. The molecule has 0 unspecified atom stereocenters. The van der Waals surface area contributed by atoms with Gasteiger partial charge in [-0.25, -0.2) is 4.79 Å². The average Bonchev–Trinajstić information content (AvgIpc) is 2.78. The maximum atomic E-state index is 12.9. The van der Waals surface area contributed by atoms with E-state index in [1.807, 2.05) is 6.92 Å². The standard InChI is InChI=1S/C18H29N3O3/c1-12-7-3-4-9-14(12)19-15(22)11-21-16(23)18(20-17(21)24)10-6-5-8-13(18)2/h12-14H,3-11H2,1-2H3,(H,19,22)(H,20,24)/t12-,13-,14+,18-/m0/s1. The van der Waals surface area contributed by atoms with Crippen LogP contribution in [0.4, 0.5) is 4.79 Å². The molecule has 0 aromatic heterocycles. The lowest BCUT2D eigenvalue weighted by Gasteiger charge is -2.36. The van der Waals surface area contributed by atoms with Gasteiger partial charge in [0, 0.05) is 6.04 Å². The zero-order valence-corrected chi connectivity index (χ0v) is 14.8. The van der Waals surface area contributed by atoms with Crippen LogP contribution in [0, 0.1) is 11.8 Å². The Kier molecular flexibility index (Phi) is 4.83. The van der Waals surface area contributed by atoms with E-state index in [-0.39, 0.29) is 30.3 Å². The second-order valence-corrected chi connectivity index (χ2v) is 7.88. The minimum absolute atomic E-state index is 0.120. The van der Waals surface area contributed by atoms with Gasteiger partial charge in [0.05, 0.1) is 0 Å². The molecule has 3 fully saturated rings. The summed E-state index contributed by atoms with van der Waals surface area (Å²) in [5, 5.41) is 5.92. The van der Waals surface area contributed by atoms with Gasteiger partial charge in [0.1, 0.15) is 12.1 Å². The van der Waals surface area contributed by atoms with E-state index < -0.39 is 11.6 Å². The van der Waals surface area contributed by atoms with Gasteiger partial charge in [-0.3, -0.25) is 14.5 Å². The lowest BCUT2D eigenvalue weighted by Crippen LogP contribution is -2.54. The van der Waals surface area contributed by atoms with Crippen molar-refractivity contribution >= 4 is 17.8 Å². The van der Waals surface area contributed by atoms with Gasteiger partial charge in [-0.05, 0) is 37.5 Å². The summed E-state index contributed by atoms with van der Waals surface area (Å²) >= 11 is 0. The molecule has 4 amide bonds. The highest BCUT2D eigenvalue weighted by atomic mass is 16.2. The summed E-state index contributed by atoms with van der Waals surface area (Å²) in [5.74, 6) is 0.133. The van der Waals surface area contributed by atoms with Gasteiger partial charge >= 0.3 is 6.03 Å². The number of carbonyl (C=O) groups is 3. The number of nitrogens with zero attached hydrogens (tertiary/aromatic N) is 1. The summed E-state index contributed by atoms with van der Waals surface area (Å²) in [4.78, 5) is 38.7. The Morgan fingerprint density at radius 3 is 2.58 bits per heavy atom. The number of nitrogens with one attached hydrogen (secondary N) is 2. The van der Waals surface area contributed by atoms with Crippen LogP contribution in [0.15, 0.2) is 0 Å². The van der Waals surface area contributed by atoms with Crippen molar-refractivity contribution in [1.82, 2.24) is 15.5 Å². The highest BCUT2D eigenvalue weighted by Gasteiger charge is 2.55. The Morgan fingerprint density at radius 1 is 1.17 bits per heavy atom. The maximum Gasteiger partial charge on any atom is 0.325 e. The number of carbonyl (C=O) groups excluding carboxylic acids is 3. The fourth-order valence-electron chi connectivity index (χ4n) is 4.57. The monoisotopic (exact) mass is 335 g/mol. The van der Waals surface area contributed by atoms with E-state index in [0.717, 1.165) is 43.4 Å². The summed E-state index contributed by atoms with van der Waals surface area (Å²) in [6, 6.07) is -0.254. The molecule has 0 aromatic carbocycles. The van der Waals surface area contributed by atoms with Gasteiger partial charge in [-0.2, -0.15) is 0 Å². The zero-order valence-electron chi connectivity index (χ0n) is 14.8. The van der Waals surface area contributed by atoms with E-state index in [0.29, 0.717) is 12.3 Å². The second kappa shape index (κ2) is 6.73. The summed E-state index contributed by atoms with van der Waals surface area (Å²) in [6.45, 7) is 4.00. The van der Waals surface area contributed by atoms with Gasteiger partial charge in [-0.1, -0.05) is 39.5 Å². The molecule has 6 heteroatoms. The molecule has 6 nitrogen and oxygen atoms in total. The molecule has 3 rings (SSSR count). The first kappa shape index (κ1) is 17.2. The number of urea groups is 1. The molecule has 0 radical (unpaired) electrons.